The molecule has 0 spiro atoms. The highest BCUT2D eigenvalue weighted by molar-refractivity contribution is 5.13. The van der Waals surface area contributed by atoms with Gasteiger partial charge in [-0.15, -0.1) is 10.2 Å². The molecule has 1 aliphatic rings. The summed E-state index contributed by atoms with van der Waals surface area (Å²) in [6.45, 7) is 2.25. The smallest absolute Gasteiger partial charge is 0.435 e. The van der Waals surface area contributed by atoms with Gasteiger partial charge in [0.25, 0.3) is 0 Å². The standard InChI is InChI=1S/C10H12F3N3O2/c11-10(12,13)8-1-2-9(16-15-8)18-6-7-5-14-3-4-17-7/h1-2,7,14H,3-6H2. The van der Waals surface area contributed by atoms with Gasteiger partial charge in [-0.3, -0.25) is 0 Å². The molecule has 1 unspecified atom stereocenters. The lowest BCUT2D eigenvalue weighted by molar-refractivity contribution is -0.141. The molecule has 0 aromatic carbocycles. The van der Waals surface area contributed by atoms with Crippen LogP contribution in [0.2, 0.25) is 0 Å². The quantitative estimate of drug-likeness (QED) is 0.876. The number of ether oxygens (including phenoxy) is 2. The molecular weight excluding hydrogens is 251 g/mol. The van der Waals surface area contributed by atoms with Crippen molar-refractivity contribution in [2.24, 2.45) is 0 Å². The Morgan fingerprint density at radius 1 is 1.39 bits per heavy atom. The molecule has 1 aromatic heterocycles. The van der Waals surface area contributed by atoms with Gasteiger partial charge in [-0.2, -0.15) is 13.2 Å². The van der Waals surface area contributed by atoms with E-state index in [4.69, 9.17) is 9.47 Å². The van der Waals surface area contributed by atoms with Crippen LogP contribution in [0.25, 0.3) is 0 Å². The van der Waals surface area contributed by atoms with Gasteiger partial charge in [-0.1, -0.05) is 0 Å². The molecule has 1 N–H and O–H groups in total. The van der Waals surface area contributed by atoms with E-state index in [1.54, 1.807) is 0 Å². The van der Waals surface area contributed by atoms with Gasteiger partial charge in [0.2, 0.25) is 5.88 Å². The molecule has 5 nitrogen and oxygen atoms in total. The fraction of sp³-hybridized carbons (Fsp3) is 0.600. The van der Waals surface area contributed by atoms with Gasteiger partial charge < -0.3 is 14.8 Å². The third-order valence-corrected chi connectivity index (χ3v) is 2.35. The summed E-state index contributed by atoms with van der Waals surface area (Å²) in [6.07, 6.45) is -4.61. The molecule has 0 radical (unpaired) electrons. The van der Waals surface area contributed by atoms with Crippen molar-refractivity contribution in [1.82, 2.24) is 15.5 Å². The fourth-order valence-electron chi connectivity index (χ4n) is 1.45. The molecule has 1 atom stereocenters. The van der Waals surface area contributed by atoms with Crippen LogP contribution in [-0.2, 0) is 10.9 Å². The predicted molar refractivity (Wildman–Crippen MR) is 55.1 cm³/mol. The summed E-state index contributed by atoms with van der Waals surface area (Å²) in [7, 11) is 0. The van der Waals surface area contributed by atoms with Gasteiger partial charge in [-0.25, -0.2) is 0 Å². The SMILES string of the molecule is FC(F)(F)c1ccc(OCC2CNCCO2)nn1. The third-order valence-electron chi connectivity index (χ3n) is 2.35. The lowest BCUT2D eigenvalue weighted by Crippen LogP contribution is -2.41. The Hall–Kier alpha value is -1.41. The van der Waals surface area contributed by atoms with Gasteiger partial charge >= 0.3 is 6.18 Å². The van der Waals surface area contributed by atoms with Crippen LogP contribution in [0.1, 0.15) is 5.69 Å². The van der Waals surface area contributed by atoms with E-state index >= 15 is 0 Å². The average molecular weight is 263 g/mol. The van der Waals surface area contributed by atoms with Crippen LogP contribution >= 0.6 is 0 Å². The Morgan fingerprint density at radius 3 is 2.78 bits per heavy atom. The number of nitrogens with one attached hydrogen (secondary N) is 1. The number of hydrogen-bond acceptors (Lipinski definition) is 5. The van der Waals surface area contributed by atoms with E-state index in [1.807, 2.05) is 0 Å². The minimum atomic E-state index is -4.48. The Labute approximate surface area is 101 Å². The van der Waals surface area contributed by atoms with E-state index in [1.165, 1.54) is 0 Å². The van der Waals surface area contributed by atoms with Crippen LogP contribution in [-0.4, -0.2) is 42.6 Å². The van der Waals surface area contributed by atoms with Gasteiger partial charge in [0.05, 0.1) is 6.61 Å². The van der Waals surface area contributed by atoms with Crippen LogP contribution in [0.4, 0.5) is 13.2 Å². The van der Waals surface area contributed by atoms with Crippen molar-refractivity contribution in [2.75, 3.05) is 26.3 Å². The van der Waals surface area contributed by atoms with Crippen LogP contribution in [0.3, 0.4) is 0 Å². The van der Waals surface area contributed by atoms with E-state index in [2.05, 4.69) is 15.5 Å². The number of alkyl halides is 3. The summed E-state index contributed by atoms with van der Waals surface area (Å²) in [5.41, 5.74) is -1.04. The number of morpholine rings is 1. The first-order chi connectivity index (χ1) is 8.55. The highest BCUT2D eigenvalue weighted by atomic mass is 19.4. The molecule has 0 aliphatic carbocycles. The molecule has 0 saturated carbocycles. The number of halogens is 3. The minimum Gasteiger partial charge on any atom is -0.474 e. The molecule has 1 aromatic rings. The van der Waals surface area contributed by atoms with E-state index in [0.29, 0.717) is 13.2 Å². The van der Waals surface area contributed by atoms with Gasteiger partial charge in [0.1, 0.15) is 12.7 Å². The van der Waals surface area contributed by atoms with Crippen molar-refractivity contribution in [3.63, 3.8) is 0 Å². The number of nitrogens with zero attached hydrogens (tertiary/aromatic N) is 2. The van der Waals surface area contributed by atoms with E-state index in [-0.39, 0.29) is 18.6 Å². The van der Waals surface area contributed by atoms with Gasteiger partial charge in [0, 0.05) is 19.2 Å². The molecule has 1 saturated heterocycles. The molecule has 1 aliphatic heterocycles. The summed E-state index contributed by atoms with van der Waals surface area (Å²) in [5.74, 6) is 0.0529. The zero-order valence-electron chi connectivity index (χ0n) is 9.41. The summed E-state index contributed by atoms with van der Waals surface area (Å²) in [6, 6.07) is 1.98. The van der Waals surface area contributed by atoms with Crippen molar-refractivity contribution in [1.29, 1.82) is 0 Å². The molecule has 0 amide bonds. The summed E-state index contributed by atoms with van der Waals surface area (Å²) >= 11 is 0. The maximum Gasteiger partial charge on any atom is 0.435 e. The summed E-state index contributed by atoms with van der Waals surface area (Å²) < 4.78 is 47.2. The summed E-state index contributed by atoms with van der Waals surface area (Å²) in [5, 5.41) is 9.53. The van der Waals surface area contributed by atoms with Crippen LogP contribution < -0.4 is 10.1 Å². The zero-order chi connectivity index (χ0) is 13.0. The Bertz CT molecular complexity index is 377. The first kappa shape index (κ1) is 13.0. The fourth-order valence-corrected chi connectivity index (χ4v) is 1.45. The zero-order valence-corrected chi connectivity index (χ0v) is 9.41. The van der Waals surface area contributed by atoms with Crippen LogP contribution in [0.15, 0.2) is 12.1 Å². The maximum absolute atomic E-state index is 12.2. The Balaban J connectivity index is 1.86. The van der Waals surface area contributed by atoms with Crippen molar-refractivity contribution in [3.05, 3.63) is 17.8 Å². The molecule has 2 heterocycles. The molecular formula is C10H12F3N3O2. The molecule has 8 heteroatoms. The number of rotatable bonds is 3. The largest absolute Gasteiger partial charge is 0.474 e. The second kappa shape index (κ2) is 5.49. The minimum absolute atomic E-state index is 0.0529. The number of hydrogen-bond donors (Lipinski definition) is 1. The van der Waals surface area contributed by atoms with E-state index in [9.17, 15) is 13.2 Å². The molecule has 100 valence electrons. The van der Waals surface area contributed by atoms with Gasteiger partial charge in [0.15, 0.2) is 5.69 Å². The molecule has 18 heavy (non-hydrogen) atoms. The topological polar surface area (TPSA) is 56.3 Å². The van der Waals surface area contributed by atoms with E-state index in [0.717, 1.165) is 18.7 Å². The van der Waals surface area contributed by atoms with Crippen molar-refractivity contribution < 1.29 is 22.6 Å². The highest BCUT2D eigenvalue weighted by Gasteiger charge is 2.33. The second-order valence-electron chi connectivity index (χ2n) is 3.76. The second-order valence-corrected chi connectivity index (χ2v) is 3.76. The average Bonchev–Trinajstić information content (AvgIpc) is 2.37. The van der Waals surface area contributed by atoms with Gasteiger partial charge in [-0.05, 0) is 6.07 Å². The van der Waals surface area contributed by atoms with Crippen molar-refractivity contribution in [2.45, 2.75) is 12.3 Å². The monoisotopic (exact) mass is 263 g/mol. The Kier molecular flexibility index (Phi) is 3.97. The predicted octanol–water partition coefficient (Wildman–Crippen LogP) is 0.863. The summed E-state index contributed by atoms with van der Waals surface area (Å²) in [4.78, 5) is 0. The maximum atomic E-state index is 12.2. The number of aromatic nitrogens is 2. The van der Waals surface area contributed by atoms with Crippen LogP contribution in [0.5, 0.6) is 5.88 Å². The van der Waals surface area contributed by atoms with Crippen LogP contribution in [0, 0.1) is 0 Å². The normalized spacial score (nSPS) is 20.7. The lowest BCUT2D eigenvalue weighted by atomic mass is 10.3. The molecule has 0 bridgehead atoms. The first-order valence-corrected chi connectivity index (χ1v) is 5.42. The Morgan fingerprint density at radius 2 is 2.22 bits per heavy atom. The van der Waals surface area contributed by atoms with Crippen molar-refractivity contribution in [3.8, 4) is 5.88 Å². The molecule has 1 fully saturated rings. The lowest BCUT2D eigenvalue weighted by Gasteiger charge is -2.23. The third kappa shape index (κ3) is 3.54. The molecule has 2 rings (SSSR count). The first-order valence-electron chi connectivity index (χ1n) is 5.42. The van der Waals surface area contributed by atoms with E-state index < -0.39 is 11.9 Å². The van der Waals surface area contributed by atoms with Crippen molar-refractivity contribution >= 4 is 0 Å². The highest BCUT2D eigenvalue weighted by Crippen LogP contribution is 2.27.